The Morgan fingerprint density at radius 3 is 1.89 bits per heavy atom. The topological polar surface area (TPSA) is 62.7 Å². The minimum Gasteiger partial charge on any atom is -0.481 e. The predicted octanol–water partition coefficient (Wildman–Crippen LogP) is 3.66. The van der Waals surface area contributed by atoms with Crippen molar-refractivity contribution in [3.8, 4) is 17.8 Å². The van der Waals surface area contributed by atoms with Gasteiger partial charge in [-0.05, 0) is 11.1 Å². The molecule has 3 rings (SSSR count). The first-order valence-corrected chi connectivity index (χ1v) is 8.93. The summed E-state index contributed by atoms with van der Waals surface area (Å²) in [5.74, 6) is 0.736. The van der Waals surface area contributed by atoms with Gasteiger partial charge in [-0.2, -0.15) is 9.97 Å². The molecule has 1 atom stereocenters. The lowest BCUT2D eigenvalue weighted by Crippen LogP contribution is -2.38. The van der Waals surface area contributed by atoms with Crippen LogP contribution in [0.15, 0.2) is 66.7 Å². The summed E-state index contributed by atoms with van der Waals surface area (Å²) in [7, 11) is 4.75. The fraction of sp³-hybridized carbons (Fsp3) is 0.273. The van der Waals surface area contributed by atoms with Gasteiger partial charge in [-0.3, -0.25) is 0 Å². The van der Waals surface area contributed by atoms with E-state index in [-0.39, 0.29) is 12.6 Å². The molecule has 0 spiro atoms. The molecule has 1 heterocycles. The summed E-state index contributed by atoms with van der Waals surface area (Å²) in [5, 5.41) is 0. The van der Waals surface area contributed by atoms with E-state index in [4.69, 9.17) is 18.9 Å². The summed E-state index contributed by atoms with van der Waals surface area (Å²) in [6.45, 7) is 0.221. The molecule has 0 aliphatic heterocycles. The van der Waals surface area contributed by atoms with E-state index in [2.05, 4.69) is 22.1 Å². The monoisotopic (exact) mass is 380 g/mol. The van der Waals surface area contributed by atoms with Gasteiger partial charge in [0.05, 0.1) is 20.3 Å². The summed E-state index contributed by atoms with van der Waals surface area (Å²) in [6, 6.07) is 21.9. The van der Waals surface area contributed by atoms with Gasteiger partial charge in [-0.15, -0.1) is 0 Å². The first-order valence-electron chi connectivity index (χ1n) is 8.93. The van der Waals surface area contributed by atoms with Crippen molar-refractivity contribution < 1.29 is 18.9 Å². The average molecular weight is 380 g/mol. The van der Waals surface area contributed by atoms with E-state index in [1.807, 2.05) is 48.5 Å². The zero-order chi connectivity index (χ0) is 19.8. The molecule has 146 valence electrons. The first kappa shape index (κ1) is 19.6. The molecule has 0 aliphatic carbocycles. The number of nitrogens with zero attached hydrogens (tertiary/aromatic N) is 2. The van der Waals surface area contributed by atoms with Crippen LogP contribution in [0.3, 0.4) is 0 Å². The van der Waals surface area contributed by atoms with Gasteiger partial charge < -0.3 is 18.9 Å². The molecule has 0 radical (unpaired) electrons. The molecule has 0 saturated carbocycles. The van der Waals surface area contributed by atoms with Crippen LogP contribution in [0.1, 0.15) is 11.1 Å². The summed E-state index contributed by atoms with van der Waals surface area (Å²) < 4.78 is 22.4. The zero-order valence-electron chi connectivity index (χ0n) is 16.3. The second kappa shape index (κ2) is 9.19. The highest BCUT2D eigenvalue weighted by atomic mass is 16.5. The summed E-state index contributed by atoms with van der Waals surface area (Å²) in [4.78, 5) is 8.49. The lowest BCUT2D eigenvalue weighted by Gasteiger charge is -2.32. The summed E-state index contributed by atoms with van der Waals surface area (Å²) in [5.41, 5.74) is 1.44. The Kier molecular flexibility index (Phi) is 6.45. The number of hydrogen-bond donors (Lipinski definition) is 0. The van der Waals surface area contributed by atoms with Crippen molar-refractivity contribution in [2.75, 3.05) is 27.9 Å². The van der Waals surface area contributed by atoms with Crippen LogP contribution in [0.5, 0.6) is 17.8 Å². The molecule has 0 saturated heterocycles. The molecule has 0 fully saturated rings. The normalized spacial score (nSPS) is 12.8. The second-order valence-corrected chi connectivity index (χ2v) is 6.25. The molecule has 0 amide bonds. The van der Waals surface area contributed by atoms with Crippen LogP contribution in [0.4, 0.5) is 0 Å². The van der Waals surface area contributed by atoms with Gasteiger partial charge in [0.15, 0.2) is 0 Å². The largest absolute Gasteiger partial charge is 0.481 e. The van der Waals surface area contributed by atoms with E-state index in [1.165, 1.54) is 14.2 Å². The first-order chi connectivity index (χ1) is 13.7. The molecule has 0 aliphatic rings. The Hall–Kier alpha value is -3.12. The molecule has 1 unspecified atom stereocenters. The summed E-state index contributed by atoms with van der Waals surface area (Å²) >= 11 is 0. The molecule has 6 heteroatoms. The van der Waals surface area contributed by atoms with Crippen molar-refractivity contribution >= 4 is 0 Å². The third kappa shape index (κ3) is 4.58. The lowest BCUT2D eigenvalue weighted by atomic mass is 9.87. The molecule has 0 bridgehead atoms. The van der Waals surface area contributed by atoms with Gasteiger partial charge in [-0.1, -0.05) is 60.7 Å². The molecule has 3 aromatic rings. The van der Waals surface area contributed by atoms with E-state index >= 15 is 0 Å². The number of benzene rings is 2. The van der Waals surface area contributed by atoms with Crippen molar-refractivity contribution in [3.05, 3.63) is 77.9 Å². The van der Waals surface area contributed by atoms with E-state index in [9.17, 15) is 0 Å². The Morgan fingerprint density at radius 1 is 0.786 bits per heavy atom. The van der Waals surface area contributed by atoms with Crippen LogP contribution in [-0.4, -0.2) is 37.9 Å². The molecule has 0 N–H and O–H groups in total. The quantitative estimate of drug-likeness (QED) is 0.565. The standard InChI is InChI=1S/C22H24N2O4/c1-25-19-14-20(26-2)24-21(23-19)28-16-22(27-3,18-12-8-5-9-13-18)15-17-10-6-4-7-11-17/h4-14H,15-16H2,1-3H3. The van der Waals surface area contributed by atoms with Crippen molar-refractivity contribution in [1.82, 2.24) is 9.97 Å². The third-order valence-electron chi connectivity index (χ3n) is 4.53. The molecule has 1 aromatic heterocycles. The van der Waals surface area contributed by atoms with Gasteiger partial charge in [0.25, 0.3) is 0 Å². The smallest absolute Gasteiger partial charge is 0.323 e. The van der Waals surface area contributed by atoms with Gasteiger partial charge in [0, 0.05) is 13.5 Å². The Labute approximate surface area is 165 Å². The van der Waals surface area contributed by atoms with Crippen LogP contribution in [0.2, 0.25) is 0 Å². The van der Waals surface area contributed by atoms with Crippen LogP contribution >= 0.6 is 0 Å². The van der Waals surface area contributed by atoms with Crippen LogP contribution in [-0.2, 0) is 16.8 Å². The fourth-order valence-electron chi connectivity index (χ4n) is 2.99. The summed E-state index contributed by atoms with van der Waals surface area (Å²) in [6.07, 6.45) is 0.634. The molecular formula is C22H24N2O4. The highest BCUT2D eigenvalue weighted by Gasteiger charge is 2.34. The maximum Gasteiger partial charge on any atom is 0.323 e. The van der Waals surface area contributed by atoms with Gasteiger partial charge >= 0.3 is 6.01 Å². The van der Waals surface area contributed by atoms with Crippen LogP contribution in [0.25, 0.3) is 0 Å². The van der Waals surface area contributed by atoms with Gasteiger partial charge in [0.1, 0.15) is 12.2 Å². The van der Waals surface area contributed by atoms with Gasteiger partial charge in [0.2, 0.25) is 11.8 Å². The lowest BCUT2D eigenvalue weighted by molar-refractivity contribution is -0.0515. The molecule has 6 nitrogen and oxygen atoms in total. The Bertz CT molecular complexity index is 852. The zero-order valence-corrected chi connectivity index (χ0v) is 16.3. The maximum atomic E-state index is 6.02. The van der Waals surface area contributed by atoms with Crippen molar-refractivity contribution in [2.45, 2.75) is 12.0 Å². The number of methoxy groups -OCH3 is 3. The van der Waals surface area contributed by atoms with Gasteiger partial charge in [-0.25, -0.2) is 0 Å². The number of aromatic nitrogens is 2. The maximum absolute atomic E-state index is 6.02. The molecular weight excluding hydrogens is 356 g/mol. The molecule has 28 heavy (non-hydrogen) atoms. The Morgan fingerprint density at radius 2 is 1.36 bits per heavy atom. The number of ether oxygens (including phenoxy) is 4. The fourth-order valence-corrected chi connectivity index (χ4v) is 2.99. The highest BCUT2D eigenvalue weighted by molar-refractivity contribution is 5.28. The van der Waals surface area contributed by atoms with Crippen molar-refractivity contribution in [1.29, 1.82) is 0 Å². The SMILES string of the molecule is COc1cc(OC)nc(OCC(Cc2ccccc2)(OC)c2ccccc2)n1. The van der Waals surface area contributed by atoms with E-state index in [0.717, 1.165) is 11.1 Å². The third-order valence-corrected chi connectivity index (χ3v) is 4.53. The van der Waals surface area contributed by atoms with Crippen molar-refractivity contribution in [3.63, 3.8) is 0 Å². The van der Waals surface area contributed by atoms with E-state index < -0.39 is 5.60 Å². The number of hydrogen-bond acceptors (Lipinski definition) is 6. The van der Waals surface area contributed by atoms with E-state index in [0.29, 0.717) is 18.2 Å². The Balaban J connectivity index is 1.91. The van der Waals surface area contributed by atoms with Crippen LogP contribution in [0, 0.1) is 0 Å². The van der Waals surface area contributed by atoms with Crippen molar-refractivity contribution in [2.24, 2.45) is 0 Å². The molecule has 2 aromatic carbocycles. The second-order valence-electron chi connectivity index (χ2n) is 6.25. The highest BCUT2D eigenvalue weighted by Crippen LogP contribution is 2.31. The van der Waals surface area contributed by atoms with E-state index in [1.54, 1.807) is 13.2 Å². The minimum atomic E-state index is -0.706. The minimum absolute atomic E-state index is 0.168. The average Bonchev–Trinajstić information content (AvgIpc) is 2.77. The number of rotatable bonds is 9. The predicted molar refractivity (Wildman–Crippen MR) is 106 cm³/mol. The van der Waals surface area contributed by atoms with Crippen LogP contribution < -0.4 is 14.2 Å².